The largest absolute Gasteiger partial charge is 0.333 e. The van der Waals surface area contributed by atoms with Gasteiger partial charge in [0.2, 0.25) is 5.91 Å². The molecule has 1 aromatic carbocycles. The van der Waals surface area contributed by atoms with Crippen LogP contribution in [0, 0.1) is 0 Å². The highest BCUT2D eigenvalue weighted by molar-refractivity contribution is 5.93. The molecule has 1 amide bonds. The van der Waals surface area contributed by atoms with Crippen molar-refractivity contribution in [3.8, 4) is 11.3 Å². The number of carbonyl (C=O) groups excluding carboxylic acids is 1. The minimum absolute atomic E-state index is 0.130. The van der Waals surface area contributed by atoms with Crippen molar-refractivity contribution in [3.05, 3.63) is 78.3 Å². The SMILES string of the molecule is CCN1CCC(N(C(=O)/C=C/c2cn(Cc3ccccc3)nc2-c2cccnc2)C2CC2)CC1. The number of rotatable bonds is 8. The third kappa shape index (κ3) is 5.28. The van der Waals surface area contributed by atoms with E-state index in [0.717, 1.165) is 62.1 Å². The quantitative estimate of drug-likeness (QED) is 0.470. The van der Waals surface area contributed by atoms with Crippen LogP contribution in [0.4, 0.5) is 0 Å². The molecule has 176 valence electrons. The van der Waals surface area contributed by atoms with Crippen molar-refractivity contribution in [2.45, 2.75) is 51.2 Å². The molecule has 34 heavy (non-hydrogen) atoms. The average Bonchev–Trinajstić information content (AvgIpc) is 3.64. The van der Waals surface area contributed by atoms with Crippen molar-refractivity contribution in [2.24, 2.45) is 0 Å². The van der Waals surface area contributed by atoms with Gasteiger partial charge in [0.25, 0.3) is 0 Å². The Morgan fingerprint density at radius 2 is 1.82 bits per heavy atom. The van der Waals surface area contributed by atoms with E-state index in [9.17, 15) is 4.79 Å². The number of nitrogens with zero attached hydrogens (tertiary/aromatic N) is 5. The lowest BCUT2D eigenvalue weighted by Crippen LogP contribution is -2.47. The number of amides is 1. The molecule has 0 bridgehead atoms. The third-order valence-electron chi connectivity index (χ3n) is 6.91. The maximum Gasteiger partial charge on any atom is 0.247 e. The highest BCUT2D eigenvalue weighted by Crippen LogP contribution is 2.32. The van der Waals surface area contributed by atoms with Gasteiger partial charge >= 0.3 is 0 Å². The normalized spacial score (nSPS) is 17.3. The second-order valence-electron chi connectivity index (χ2n) is 9.33. The number of carbonyl (C=O) groups is 1. The lowest BCUT2D eigenvalue weighted by Gasteiger charge is -2.38. The van der Waals surface area contributed by atoms with Crippen LogP contribution in [-0.4, -0.2) is 62.2 Å². The van der Waals surface area contributed by atoms with Gasteiger partial charge in [0, 0.05) is 61.0 Å². The van der Waals surface area contributed by atoms with Crippen molar-refractivity contribution in [1.82, 2.24) is 24.6 Å². The van der Waals surface area contributed by atoms with E-state index in [1.165, 1.54) is 5.56 Å². The molecule has 0 N–H and O–H groups in total. The molecule has 6 heteroatoms. The van der Waals surface area contributed by atoms with Gasteiger partial charge < -0.3 is 9.80 Å². The van der Waals surface area contributed by atoms with Crippen LogP contribution in [0.1, 0.15) is 43.7 Å². The Hall–Kier alpha value is -3.25. The van der Waals surface area contributed by atoms with Crippen LogP contribution in [0.25, 0.3) is 17.3 Å². The molecule has 2 aromatic heterocycles. The molecule has 0 unspecified atom stereocenters. The molecule has 0 radical (unpaired) electrons. The average molecular weight is 456 g/mol. The van der Waals surface area contributed by atoms with E-state index in [0.29, 0.717) is 18.6 Å². The first kappa shape index (κ1) is 22.5. The van der Waals surface area contributed by atoms with Crippen molar-refractivity contribution in [2.75, 3.05) is 19.6 Å². The Kier molecular flexibility index (Phi) is 6.86. The first-order valence-electron chi connectivity index (χ1n) is 12.5. The molecular weight excluding hydrogens is 422 g/mol. The molecule has 1 aliphatic heterocycles. The predicted octanol–water partition coefficient (Wildman–Crippen LogP) is 4.48. The number of piperidine rings is 1. The van der Waals surface area contributed by atoms with Crippen LogP contribution in [0.15, 0.2) is 67.1 Å². The monoisotopic (exact) mass is 455 g/mol. The van der Waals surface area contributed by atoms with E-state index < -0.39 is 0 Å². The van der Waals surface area contributed by atoms with Gasteiger partial charge in [-0.25, -0.2) is 0 Å². The van der Waals surface area contributed by atoms with Gasteiger partial charge in [0.05, 0.1) is 6.54 Å². The van der Waals surface area contributed by atoms with Crippen LogP contribution < -0.4 is 0 Å². The summed E-state index contributed by atoms with van der Waals surface area (Å²) in [4.78, 5) is 22.3. The number of pyridine rings is 1. The number of hydrogen-bond donors (Lipinski definition) is 0. The summed E-state index contributed by atoms with van der Waals surface area (Å²) >= 11 is 0. The van der Waals surface area contributed by atoms with Gasteiger partial charge in [0.15, 0.2) is 0 Å². The summed E-state index contributed by atoms with van der Waals surface area (Å²) in [7, 11) is 0. The van der Waals surface area contributed by atoms with Gasteiger partial charge in [-0.2, -0.15) is 5.10 Å². The van der Waals surface area contributed by atoms with Crippen LogP contribution >= 0.6 is 0 Å². The fourth-order valence-electron chi connectivity index (χ4n) is 4.91. The van der Waals surface area contributed by atoms with E-state index in [4.69, 9.17) is 5.10 Å². The Morgan fingerprint density at radius 1 is 1.06 bits per heavy atom. The van der Waals surface area contributed by atoms with E-state index in [2.05, 4.69) is 33.8 Å². The Bertz CT molecular complexity index is 1110. The first-order chi connectivity index (χ1) is 16.7. The summed E-state index contributed by atoms with van der Waals surface area (Å²) in [5.74, 6) is 0.130. The highest BCUT2D eigenvalue weighted by atomic mass is 16.2. The molecule has 1 saturated heterocycles. The Balaban J connectivity index is 1.37. The minimum atomic E-state index is 0.130. The first-order valence-corrected chi connectivity index (χ1v) is 12.5. The highest BCUT2D eigenvalue weighted by Gasteiger charge is 2.37. The zero-order valence-electron chi connectivity index (χ0n) is 19.9. The second-order valence-corrected chi connectivity index (χ2v) is 9.33. The molecule has 5 rings (SSSR count). The smallest absolute Gasteiger partial charge is 0.247 e. The third-order valence-corrected chi connectivity index (χ3v) is 6.91. The summed E-state index contributed by atoms with van der Waals surface area (Å²) in [5, 5.41) is 4.85. The van der Waals surface area contributed by atoms with E-state index >= 15 is 0 Å². The van der Waals surface area contributed by atoms with E-state index in [1.54, 1.807) is 12.3 Å². The van der Waals surface area contributed by atoms with Gasteiger partial charge in [-0.1, -0.05) is 37.3 Å². The van der Waals surface area contributed by atoms with Gasteiger partial charge in [-0.05, 0) is 56.0 Å². The molecule has 6 nitrogen and oxygen atoms in total. The maximum atomic E-state index is 13.4. The van der Waals surface area contributed by atoms with Crippen molar-refractivity contribution in [1.29, 1.82) is 0 Å². The predicted molar refractivity (Wildman–Crippen MR) is 135 cm³/mol. The molecular formula is C28H33N5O. The fourth-order valence-corrected chi connectivity index (χ4v) is 4.91. The van der Waals surface area contributed by atoms with Crippen molar-refractivity contribution in [3.63, 3.8) is 0 Å². The lowest BCUT2D eigenvalue weighted by molar-refractivity contribution is -0.129. The zero-order valence-corrected chi connectivity index (χ0v) is 19.9. The zero-order chi connectivity index (χ0) is 23.3. The summed E-state index contributed by atoms with van der Waals surface area (Å²) in [5.41, 5.74) is 3.93. The van der Waals surface area contributed by atoms with Crippen LogP contribution in [0.2, 0.25) is 0 Å². The van der Waals surface area contributed by atoms with Crippen LogP contribution in [0.5, 0.6) is 0 Å². The summed E-state index contributed by atoms with van der Waals surface area (Å²) < 4.78 is 1.95. The van der Waals surface area contributed by atoms with Crippen molar-refractivity contribution < 1.29 is 4.79 Å². The summed E-state index contributed by atoms with van der Waals surface area (Å²) in [6.07, 6.45) is 13.7. The molecule has 0 atom stereocenters. The second kappa shape index (κ2) is 10.3. The van der Waals surface area contributed by atoms with Crippen LogP contribution in [0.3, 0.4) is 0 Å². The number of benzene rings is 1. The Morgan fingerprint density at radius 3 is 2.50 bits per heavy atom. The van der Waals surface area contributed by atoms with Crippen molar-refractivity contribution >= 4 is 12.0 Å². The van der Waals surface area contributed by atoms with E-state index in [1.807, 2.05) is 53.5 Å². The van der Waals surface area contributed by atoms with Gasteiger partial charge in [-0.15, -0.1) is 0 Å². The molecule has 1 aliphatic carbocycles. The topological polar surface area (TPSA) is 54.3 Å². The minimum Gasteiger partial charge on any atom is -0.333 e. The van der Waals surface area contributed by atoms with E-state index in [-0.39, 0.29) is 5.91 Å². The van der Waals surface area contributed by atoms with Crippen LogP contribution in [-0.2, 0) is 11.3 Å². The Labute approximate surface area is 201 Å². The fraction of sp³-hybridized carbons (Fsp3) is 0.393. The number of hydrogen-bond acceptors (Lipinski definition) is 4. The molecule has 3 aromatic rings. The summed E-state index contributed by atoms with van der Waals surface area (Å²) in [6.45, 7) is 6.15. The number of aromatic nitrogens is 3. The summed E-state index contributed by atoms with van der Waals surface area (Å²) in [6, 6.07) is 15.0. The number of likely N-dealkylation sites (tertiary alicyclic amines) is 1. The van der Waals surface area contributed by atoms with Gasteiger partial charge in [0.1, 0.15) is 5.69 Å². The molecule has 1 saturated carbocycles. The molecule has 2 aliphatic rings. The lowest BCUT2D eigenvalue weighted by atomic mass is 10.0. The maximum absolute atomic E-state index is 13.4. The standard InChI is InChI=1S/C28H33N5O/c1-2-31-17-14-26(15-18-31)33(25-11-12-25)27(34)13-10-24-21-32(20-22-7-4-3-5-8-22)30-28(24)23-9-6-16-29-19-23/h3-10,13,16,19,21,25-26H,2,11-12,14-15,17-18,20H2,1H3/b13-10+. The van der Waals surface area contributed by atoms with Gasteiger partial charge in [-0.3, -0.25) is 14.5 Å². The molecule has 2 fully saturated rings. The molecule has 0 spiro atoms. The molecule has 3 heterocycles.